The van der Waals surface area contributed by atoms with Crippen LogP contribution in [0.1, 0.15) is 38.5 Å². The molecule has 1 saturated carbocycles. The monoisotopic (exact) mass is 229 g/mol. The number of ether oxygens (including phenoxy) is 1. The molecule has 16 heavy (non-hydrogen) atoms. The number of rotatable bonds is 6. The molecule has 1 aliphatic rings. The molecule has 1 N–H and O–H groups in total. The van der Waals surface area contributed by atoms with Crippen LogP contribution in [0.25, 0.3) is 0 Å². The van der Waals surface area contributed by atoms with E-state index in [1.165, 1.54) is 12.8 Å². The third-order valence-electron chi connectivity index (χ3n) is 3.50. The minimum Gasteiger partial charge on any atom is -0.481 e. The minimum absolute atomic E-state index is 0.276. The maximum atomic E-state index is 10.4. The molecule has 4 nitrogen and oxygen atoms in total. The molecule has 4 heteroatoms. The van der Waals surface area contributed by atoms with E-state index in [0.29, 0.717) is 12.1 Å². The topological polar surface area (TPSA) is 49.8 Å². The van der Waals surface area contributed by atoms with Gasteiger partial charge in [0.2, 0.25) is 0 Å². The van der Waals surface area contributed by atoms with E-state index in [-0.39, 0.29) is 6.42 Å². The summed E-state index contributed by atoms with van der Waals surface area (Å²) in [6.07, 6.45) is 6.05. The number of hydrogen-bond acceptors (Lipinski definition) is 3. The predicted octanol–water partition coefficient (Wildman–Crippen LogP) is 1.74. The minimum atomic E-state index is -0.698. The molecule has 0 amide bonds. The van der Waals surface area contributed by atoms with Gasteiger partial charge in [0, 0.05) is 19.6 Å². The van der Waals surface area contributed by atoms with Crippen LogP contribution in [0.4, 0.5) is 0 Å². The second-order valence-corrected chi connectivity index (χ2v) is 4.64. The highest BCUT2D eigenvalue weighted by Gasteiger charge is 2.23. The van der Waals surface area contributed by atoms with E-state index in [1.807, 2.05) is 0 Å². The van der Waals surface area contributed by atoms with E-state index in [9.17, 15) is 4.79 Å². The second kappa shape index (κ2) is 6.86. The van der Waals surface area contributed by atoms with Crippen molar-refractivity contribution in [3.05, 3.63) is 0 Å². The van der Waals surface area contributed by atoms with Crippen LogP contribution in [0.2, 0.25) is 0 Å². The quantitative estimate of drug-likeness (QED) is 0.753. The molecule has 0 atom stereocenters. The average molecular weight is 229 g/mol. The molecule has 0 aromatic rings. The molecule has 0 spiro atoms. The third-order valence-corrected chi connectivity index (χ3v) is 3.50. The highest BCUT2D eigenvalue weighted by atomic mass is 16.5. The van der Waals surface area contributed by atoms with Crippen molar-refractivity contribution in [2.24, 2.45) is 0 Å². The van der Waals surface area contributed by atoms with Crippen molar-refractivity contribution in [1.82, 2.24) is 4.90 Å². The van der Waals surface area contributed by atoms with Crippen molar-refractivity contribution in [2.75, 3.05) is 20.7 Å². The van der Waals surface area contributed by atoms with E-state index in [0.717, 1.165) is 25.8 Å². The number of carboxylic acids is 1. The fraction of sp³-hybridized carbons (Fsp3) is 0.917. The zero-order valence-electron chi connectivity index (χ0n) is 10.3. The maximum absolute atomic E-state index is 10.4. The van der Waals surface area contributed by atoms with Gasteiger partial charge in [0.25, 0.3) is 0 Å². The van der Waals surface area contributed by atoms with Gasteiger partial charge in [-0.3, -0.25) is 4.79 Å². The molecular weight excluding hydrogens is 206 g/mol. The number of methoxy groups -OCH3 is 1. The van der Waals surface area contributed by atoms with E-state index in [2.05, 4.69) is 11.9 Å². The Morgan fingerprint density at radius 1 is 1.38 bits per heavy atom. The van der Waals surface area contributed by atoms with E-state index in [4.69, 9.17) is 9.84 Å². The standard InChI is InChI=1S/C12H23NO3/c1-13(9-3-4-12(14)15)10-5-7-11(16-2)8-6-10/h10-11H,3-9H2,1-2H3,(H,14,15). The van der Waals surface area contributed by atoms with Crippen LogP contribution >= 0.6 is 0 Å². The van der Waals surface area contributed by atoms with Crippen molar-refractivity contribution < 1.29 is 14.6 Å². The van der Waals surface area contributed by atoms with Gasteiger partial charge in [-0.05, 0) is 45.7 Å². The lowest BCUT2D eigenvalue weighted by Crippen LogP contribution is -2.37. The van der Waals surface area contributed by atoms with Crippen molar-refractivity contribution in [3.8, 4) is 0 Å². The lowest BCUT2D eigenvalue weighted by atomic mass is 9.92. The van der Waals surface area contributed by atoms with Crippen LogP contribution in [0.15, 0.2) is 0 Å². The normalized spacial score (nSPS) is 25.9. The van der Waals surface area contributed by atoms with Gasteiger partial charge in [0.1, 0.15) is 0 Å². The molecule has 0 saturated heterocycles. The first-order chi connectivity index (χ1) is 7.63. The third kappa shape index (κ3) is 4.49. The Bertz CT molecular complexity index is 212. The zero-order chi connectivity index (χ0) is 12.0. The first-order valence-corrected chi connectivity index (χ1v) is 6.08. The Kier molecular flexibility index (Phi) is 5.77. The van der Waals surface area contributed by atoms with Crippen molar-refractivity contribution in [2.45, 2.75) is 50.7 Å². The molecule has 0 bridgehead atoms. The number of nitrogens with zero attached hydrogens (tertiary/aromatic N) is 1. The fourth-order valence-electron chi connectivity index (χ4n) is 2.38. The summed E-state index contributed by atoms with van der Waals surface area (Å²) in [7, 11) is 3.88. The van der Waals surface area contributed by atoms with Crippen LogP contribution < -0.4 is 0 Å². The van der Waals surface area contributed by atoms with Gasteiger partial charge in [0.15, 0.2) is 0 Å². The molecule has 0 aromatic carbocycles. The van der Waals surface area contributed by atoms with Crippen LogP contribution in [0.5, 0.6) is 0 Å². The van der Waals surface area contributed by atoms with Gasteiger partial charge in [-0.25, -0.2) is 0 Å². The summed E-state index contributed by atoms with van der Waals surface area (Å²) in [4.78, 5) is 12.7. The Balaban J connectivity index is 2.17. The molecule has 0 radical (unpaired) electrons. The Hall–Kier alpha value is -0.610. The predicted molar refractivity (Wildman–Crippen MR) is 62.6 cm³/mol. The lowest BCUT2D eigenvalue weighted by Gasteiger charge is -2.34. The van der Waals surface area contributed by atoms with E-state index >= 15 is 0 Å². The summed E-state index contributed by atoms with van der Waals surface area (Å²) >= 11 is 0. The van der Waals surface area contributed by atoms with Gasteiger partial charge in [-0.2, -0.15) is 0 Å². The Labute approximate surface area is 97.6 Å². The largest absolute Gasteiger partial charge is 0.481 e. The number of carboxylic acid groups (broad SMARTS) is 1. The fourth-order valence-corrected chi connectivity index (χ4v) is 2.38. The van der Waals surface area contributed by atoms with Crippen LogP contribution in [-0.4, -0.2) is 48.8 Å². The second-order valence-electron chi connectivity index (χ2n) is 4.64. The SMILES string of the molecule is COC1CCC(N(C)CCCC(=O)O)CC1. The highest BCUT2D eigenvalue weighted by molar-refractivity contribution is 5.66. The zero-order valence-corrected chi connectivity index (χ0v) is 10.3. The summed E-state index contributed by atoms with van der Waals surface area (Å²) in [5.41, 5.74) is 0. The average Bonchev–Trinajstić information content (AvgIpc) is 2.28. The maximum Gasteiger partial charge on any atom is 0.303 e. The smallest absolute Gasteiger partial charge is 0.303 e. The lowest BCUT2D eigenvalue weighted by molar-refractivity contribution is -0.137. The van der Waals surface area contributed by atoms with Crippen molar-refractivity contribution in [1.29, 1.82) is 0 Å². The van der Waals surface area contributed by atoms with E-state index in [1.54, 1.807) is 7.11 Å². The van der Waals surface area contributed by atoms with Gasteiger partial charge in [-0.15, -0.1) is 0 Å². The molecule has 1 fully saturated rings. The van der Waals surface area contributed by atoms with Crippen LogP contribution in [0.3, 0.4) is 0 Å². The summed E-state index contributed by atoms with van der Waals surface area (Å²) in [5.74, 6) is -0.698. The molecule has 94 valence electrons. The molecule has 0 aliphatic heterocycles. The molecule has 0 unspecified atom stereocenters. The van der Waals surface area contributed by atoms with Gasteiger partial charge < -0.3 is 14.7 Å². The summed E-state index contributed by atoms with van der Waals surface area (Å²) in [5, 5.41) is 8.57. The molecular formula is C12H23NO3. The highest BCUT2D eigenvalue weighted by Crippen LogP contribution is 2.24. The number of carbonyl (C=O) groups is 1. The van der Waals surface area contributed by atoms with Crippen molar-refractivity contribution in [3.63, 3.8) is 0 Å². The molecule has 0 aromatic heterocycles. The van der Waals surface area contributed by atoms with Crippen LogP contribution in [-0.2, 0) is 9.53 Å². The summed E-state index contributed by atoms with van der Waals surface area (Å²) in [6, 6.07) is 0.611. The van der Waals surface area contributed by atoms with Gasteiger partial charge in [0.05, 0.1) is 6.10 Å². The first kappa shape index (κ1) is 13.5. The molecule has 0 heterocycles. The number of aliphatic carboxylic acids is 1. The summed E-state index contributed by atoms with van der Waals surface area (Å²) in [6.45, 7) is 0.884. The van der Waals surface area contributed by atoms with Crippen LogP contribution in [0, 0.1) is 0 Å². The van der Waals surface area contributed by atoms with Gasteiger partial charge in [-0.1, -0.05) is 0 Å². The Morgan fingerprint density at radius 2 is 2.00 bits per heavy atom. The Morgan fingerprint density at radius 3 is 2.50 bits per heavy atom. The number of hydrogen-bond donors (Lipinski definition) is 1. The first-order valence-electron chi connectivity index (χ1n) is 6.08. The molecule has 1 aliphatic carbocycles. The summed E-state index contributed by atoms with van der Waals surface area (Å²) < 4.78 is 5.34. The van der Waals surface area contributed by atoms with E-state index < -0.39 is 5.97 Å². The van der Waals surface area contributed by atoms with Crippen molar-refractivity contribution >= 4 is 5.97 Å². The molecule has 1 rings (SSSR count). The van der Waals surface area contributed by atoms with Gasteiger partial charge >= 0.3 is 5.97 Å².